The lowest BCUT2D eigenvalue weighted by atomic mass is 10.1. The summed E-state index contributed by atoms with van der Waals surface area (Å²) in [6.07, 6.45) is 1.53. The number of hydrogen-bond acceptors (Lipinski definition) is 5. The van der Waals surface area contributed by atoms with Crippen LogP contribution >= 0.6 is 0 Å². The smallest absolute Gasteiger partial charge is 0.318 e. The van der Waals surface area contributed by atoms with Crippen LogP contribution in [0.5, 0.6) is 5.75 Å². The Labute approximate surface area is 179 Å². The number of anilines is 1. The van der Waals surface area contributed by atoms with Crippen LogP contribution in [0.1, 0.15) is 18.9 Å². The summed E-state index contributed by atoms with van der Waals surface area (Å²) in [7, 11) is -2.50. The number of benzene rings is 2. The van der Waals surface area contributed by atoms with Gasteiger partial charge in [0.05, 0.1) is 17.0 Å². The second kappa shape index (κ2) is 9.09. The highest BCUT2D eigenvalue weighted by Gasteiger charge is 2.22. The van der Waals surface area contributed by atoms with Crippen LogP contribution in [0.3, 0.4) is 0 Å². The van der Waals surface area contributed by atoms with Crippen molar-refractivity contribution in [3.63, 3.8) is 0 Å². The van der Waals surface area contributed by atoms with Crippen molar-refractivity contribution in [3.05, 3.63) is 54.2 Å². The van der Waals surface area contributed by atoms with Crippen LogP contribution in [-0.4, -0.2) is 43.2 Å². The molecule has 2 aromatic carbocycles. The quantitative estimate of drug-likeness (QED) is 0.489. The van der Waals surface area contributed by atoms with Crippen molar-refractivity contribution in [3.8, 4) is 5.75 Å². The molecule has 0 aliphatic carbocycles. The maximum Gasteiger partial charge on any atom is 0.318 e. The number of carbonyl (C=O) groups excluding carboxylic acids is 1. The molecule has 3 rings (SSSR count). The molecule has 0 saturated heterocycles. The minimum absolute atomic E-state index is 0.0263. The third-order valence-corrected chi connectivity index (χ3v) is 6.33. The van der Waals surface area contributed by atoms with Crippen LogP contribution in [0.2, 0.25) is 0 Å². The third kappa shape index (κ3) is 4.80. The van der Waals surface area contributed by atoms with Gasteiger partial charge in [0.1, 0.15) is 5.75 Å². The van der Waals surface area contributed by atoms with Crippen molar-refractivity contribution in [2.75, 3.05) is 19.0 Å². The van der Waals surface area contributed by atoms with E-state index in [-0.39, 0.29) is 17.7 Å². The number of carboxylic acid groups (broad SMARTS) is 1. The molecule has 3 aromatic rings. The van der Waals surface area contributed by atoms with E-state index in [2.05, 4.69) is 10.6 Å². The van der Waals surface area contributed by atoms with Crippen molar-refractivity contribution in [1.82, 2.24) is 9.29 Å². The van der Waals surface area contributed by atoms with E-state index in [1.807, 2.05) is 6.92 Å². The zero-order valence-electron chi connectivity index (χ0n) is 17.1. The fourth-order valence-electron chi connectivity index (χ4n) is 3.16. The lowest BCUT2D eigenvalue weighted by Gasteiger charge is -2.10. The standard InChI is InChI=1S/C21H23N3O6S/c1-3-30-16-7-10-18-14(4-11-20(25)26)13-24(19(18)12-16)31(28,29)17-8-5-15(6-9-17)23-21(27)22-2/h5-10,12-13H,3-4,11H2,1-2H3,(H,25,26)(H2,22,23,27). The predicted molar refractivity (Wildman–Crippen MR) is 116 cm³/mol. The van der Waals surface area contributed by atoms with E-state index in [0.717, 1.165) is 3.97 Å². The van der Waals surface area contributed by atoms with E-state index in [9.17, 15) is 18.0 Å². The van der Waals surface area contributed by atoms with E-state index in [4.69, 9.17) is 9.84 Å². The van der Waals surface area contributed by atoms with E-state index >= 15 is 0 Å². The highest BCUT2D eigenvalue weighted by molar-refractivity contribution is 7.90. The Bertz CT molecular complexity index is 1220. The van der Waals surface area contributed by atoms with Gasteiger partial charge >= 0.3 is 12.0 Å². The summed E-state index contributed by atoms with van der Waals surface area (Å²) in [6, 6.07) is 10.5. The van der Waals surface area contributed by atoms with Crippen molar-refractivity contribution in [1.29, 1.82) is 0 Å². The summed E-state index contributed by atoms with van der Waals surface area (Å²) < 4.78 is 33.4. The lowest BCUT2D eigenvalue weighted by molar-refractivity contribution is -0.136. The monoisotopic (exact) mass is 445 g/mol. The van der Waals surface area contributed by atoms with Gasteiger partial charge < -0.3 is 20.5 Å². The molecule has 0 unspecified atom stereocenters. The van der Waals surface area contributed by atoms with Gasteiger partial charge in [0.15, 0.2) is 0 Å². The summed E-state index contributed by atoms with van der Waals surface area (Å²) >= 11 is 0. The Balaban J connectivity index is 2.07. The Kier molecular flexibility index (Phi) is 6.50. The molecule has 164 valence electrons. The van der Waals surface area contributed by atoms with Crippen LogP contribution in [0.15, 0.2) is 53.6 Å². The fraction of sp³-hybridized carbons (Fsp3) is 0.238. The van der Waals surface area contributed by atoms with E-state index < -0.39 is 22.0 Å². The largest absolute Gasteiger partial charge is 0.494 e. The number of urea groups is 1. The topological polar surface area (TPSA) is 127 Å². The molecule has 10 heteroatoms. The van der Waals surface area contributed by atoms with Crippen molar-refractivity contribution < 1.29 is 27.9 Å². The average Bonchev–Trinajstić information content (AvgIpc) is 3.11. The Morgan fingerprint density at radius 2 is 1.84 bits per heavy atom. The zero-order chi connectivity index (χ0) is 22.6. The van der Waals surface area contributed by atoms with E-state index in [1.54, 1.807) is 18.2 Å². The number of carboxylic acids is 1. The molecule has 0 saturated carbocycles. The second-order valence-electron chi connectivity index (χ2n) is 6.69. The number of amides is 2. The molecule has 0 aliphatic heterocycles. The minimum Gasteiger partial charge on any atom is -0.494 e. The van der Waals surface area contributed by atoms with Crippen molar-refractivity contribution >= 4 is 38.6 Å². The van der Waals surface area contributed by atoms with Crippen LogP contribution in [0, 0.1) is 0 Å². The van der Waals surface area contributed by atoms with Gasteiger partial charge in [-0.3, -0.25) is 4.79 Å². The molecule has 31 heavy (non-hydrogen) atoms. The minimum atomic E-state index is -3.98. The van der Waals surface area contributed by atoms with E-state index in [1.165, 1.54) is 37.5 Å². The molecule has 2 amide bonds. The number of aryl methyl sites for hydroxylation is 1. The van der Waals surface area contributed by atoms with Crippen molar-refractivity contribution in [2.24, 2.45) is 0 Å². The molecule has 0 spiro atoms. The molecule has 3 N–H and O–H groups in total. The SMILES string of the molecule is CCOc1ccc2c(CCC(=O)O)cn(S(=O)(=O)c3ccc(NC(=O)NC)cc3)c2c1. The van der Waals surface area contributed by atoms with Gasteiger partial charge in [-0.15, -0.1) is 0 Å². The second-order valence-corrected chi connectivity index (χ2v) is 8.50. The number of nitrogens with zero attached hydrogens (tertiary/aromatic N) is 1. The highest BCUT2D eigenvalue weighted by atomic mass is 32.2. The molecule has 1 heterocycles. The van der Waals surface area contributed by atoms with Crippen LogP contribution < -0.4 is 15.4 Å². The predicted octanol–water partition coefficient (Wildman–Crippen LogP) is 3.05. The molecule has 9 nitrogen and oxygen atoms in total. The van der Waals surface area contributed by atoms with Gasteiger partial charge in [-0.1, -0.05) is 0 Å². The molecule has 0 fully saturated rings. The van der Waals surface area contributed by atoms with Crippen LogP contribution in [-0.2, 0) is 21.2 Å². The molecule has 0 atom stereocenters. The van der Waals surface area contributed by atoms with Gasteiger partial charge in [-0.25, -0.2) is 17.2 Å². The van der Waals surface area contributed by atoms with Crippen molar-refractivity contribution in [2.45, 2.75) is 24.7 Å². The molecule has 1 aromatic heterocycles. The number of nitrogens with one attached hydrogen (secondary N) is 2. The Hall–Kier alpha value is -3.53. The van der Waals surface area contributed by atoms with Crippen LogP contribution in [0.25, 0.3) is 10.9 Å². The summed E-state index contributed by atoms with van der Waals surface area (Å²) in [5.41, 5.74) is 1.46. The average molecular weight is 445 g/mol. The number of ether oxygens (including phenoxy) is 1. The Morgan fingerprint density at radius 1 is 1.13 bits per heavy atom. The summed E-state index contributed by atoms with van der Waals surface area (Å²) in [4.78, 5) is 22.5. The van der Waals surface area contributed by atoms with Gasteiger partial charge in [0, 0.05) is 36.8 Å². The van der Waals surface area contributed by atoms with Crippen LogP contribution in [0.4, 0.5) is 10.5 Å². The number of aliphatic carboxylic acids is 1. The van der Waals surface area contributed by atoms with Gasteiger partial charge in [-0.2, -0.15) is 0 Å². The summed E-state index contributed by atoms with van der Waals surface area (Å²) in [5, 5.41) is 14.7. The molecule has 0 radical (unpaired) electrons. The third-order valence-electron chi connectivity index (χ3n) is 4.64. The number of rotatable bonds is 8. The molecular weight excluding hydrogens is 422 g/mol. The maximum atomic E-state index is 13.4. The number of hydrogen-bond donors (Lipinski definition) is 3. The fourth-order valence-corrected chi connectivity index (χ4v) is 4.54. The first-order chi connectivity index (χ1) is 14.8. The van der Waals surface area contributed by atoms with E-state index in [0.29, 0.717) is 34.5 Å². The molecule has 0 aliphatic rings. The first-order valence-electron chi connectivity index (χ1n) is 9.59. The van der Waals surface area contributed by atoms with Gasteiger partial charge in [-0.05, 0) is 55.3 Å². The Morgan fingerprint density at radius 3 is 2.45 bits per heavy atom. The number of fused-ring (bicyclic) bond motifs is 1. The molecule has 0 bridgehead atoms. The normalized spacial score (nSPS) is 11.3. The summed E-state index contributed by atoms with van der Waals surface area (Å²) in [6.45, 7) is 2.25. The number of carbonyl (C=O) groups is 2. The first kappa shape index (κ1) is 22.2. The highest BCUT2D eigenvalue weighted by Crippen LogP contribution is 2.30. The lowest BCUT2D eigenvalue weighted by Crippen LogP contribution is -2.24. The zero-order valence-corrected chi connectivity index (χ0v) is 17.9. The number of aromatic nitrogens is 1. The molecular formula is C21H23N3O6S. The summed E-state index contributed by atoms with van der Waals surface area (Å²) in [5.74, 6) is -0.451. The van der Waals surface area contributed by atoms with Gasteiger partial charge in [0.25, 0.3) is 10.0 Å². The maximum absolute atomic E-state index is 13.4. The first-order valence-corrected chi connectivity index (χ1v) is 11.0. The van der Waals surface area contributed by atoms with Gasteiger partial charge in [0.2, 0.25) is 0 Å².